The fraction of sp³-hybridized carbons (Fsp3) is 0. The second-order valence-corrected chi connectivity index (χ2v) is 7.07. The third-order valence-corrected chi connectivity index (χ3v) is 5.58. The SMILES string of the molecule is O=[N+]([O-])c1ccc(S(=O)NS(=O)(=O)c2ccccc2)cc1.[Na]. The van der Waals surface area contributed by atoms with Crippen molar-refractivity contribution in [1.29, 1.82) is 0 Å². The van der Waals surface area contributed by atoms with Crippen LogP contribution in [0.25, 0.3) is 0 Å². The van der Waals surface area contributed by atoms with Gasteiger partial charge in [0.15, 0.2) is 0 Å². The Morgan fingerprint density at radius 3 is 2.05 bits per heavy atom. The van der Waals surface area contributed by atoms with Crippen LogP contribution >= 0.6 is 0 Å². The van der Waals surface area contributed by atoms with Crippen molar-refractivity contribution in [2.75, 3.05) is 0 Å². The molecule has 0 bridgehead atoms. The van der Waals surface area contributed by atoms with Gasteiger partial charge >= 0.3 is 0 Å². The predicted molar refractivity (Wildman–Crippen MR) is 82.0 cm³/mol. The number of nitrogens with zero attached hydrogens (tertiary/aromatic N) is 1. The molecule has 1 unspecified atom stereocenters. The van der Waals surface area contributed by atoms with Crippen molar-refractivity contribution in [3.63, 3.8) is 0 Å². The minimum atomic E-state index is -3.92. The largest absolute Gasteiger partial charge is 0.269 e. The van der Waals surface area contributed by atoms with Crippen molar-refractivity contribution in [3.8, 4) is 0 Å². The zero-order valence-electron chi connectivity index (χ0n) is 11.5. The van der Waals surface area contributed by atoms with Gasteiger partial charge in [-0.05, 0) is 24.3 Å². The van der Waals surface area contributed by atoms with Gasteiger partial charge in [-0.15, -0.1) is 4.13 Å². The second kappa shape index (κ2) is 7.95. The maximum absolute atomic E-state index is 12.0. The number of rotatable bonds is 5. The summed E-state index contributed by atoms with van der Waals surface area (Å²) >= 11 is 0. The van der Waals surface area contributed by atoms with Crippen LogP contribution in [0.5, 0.6) is 0 Å². The molecule has 0 aromatic heterocycles. The van der Waals surface area contributed by atoms with Gasteiger partial charge in [-0.25, -0.2) is 12.6 Å². The summed E-state index contributed by atoms with van der Waals surface area (Å²) in [5.74, 6) is 0. The van der Waals surface area contributed by atoms with Gasteiger partial charge in [0.1, 0.15) is 11.0 Å². The summed E-state index contributed by atoms with van der Waals surface area (Å²) in [5.41, 5.74) is -0.165. The molecule has 1 N–H and O–H groups in total. The van der Waals surface area contributed by atoms with Crippen molar-refractivity contribution in [2.45, 2.75) is 9.79 Å². The van der Waals surface area contributed by atoms with Crippen molar-refractivity contribution in [2.24, 2.45) is 0 Å². The molecule has 1 atom stereocenters. The summed E-state index contributed by atoms with van der Waals surface area (Å²) in [6.45, 7) is 0. The van der Waals surface area contributed by atoms with Crippen molar-refractivity contribution >= 4 is 56.3 Å². The molecule has 0 saturated carbocycles. The van der Waals surface area contributed by atoms with Gasteiger partial charge in [-0.3, -0.25) is 10.1 Å². The molecule has 7 nitrogen and oxygen atoms in total. The van der Waals surface area contributed by atoms with E-state index in [1.807, 2.05) is 4.13 Å². The first kappa shape index (κ1) is 18.9. The molecule has 0 aliphatic heterocycles. The van der Waals surface area contributed by atoms with Crippen LogP contribution in [0.2, 0.25) is 0 Å². The second-order valence-electron chi connectivity index (χ2n) is 3.92. The van der Waals surface area contributed by atoms with Gasteiger partial charge in [0.25, 0.3) is 15.7 Å². The number of non-ortho nitro benzene ring substituents is 1. The van der Waals surface area contributed by atoms with E-state index in [1.54, 1.807) is 18.2 Å². The van der Waals surface area contributed by atoms with Crippen molar-refractivity contribution < 1.29 is 17.6 Å². The molecule has 22 heavy (non-hydrogen) atoms. The Kier molecular flexibility index (Phi) is 6.85. The number of hydrogen-bond donors (Lipinski definition) is 1. The Labute approximate surface area is 151 Å². The van der Waals surface area contributed by atoms with Crippen LogP contribution in [0, 0.1) is 10.1 Å². The summed E-state index contributed by atoms with van der Waals surface area (Å²) < 4.78 is 37.9. The maximum Gasteiger partial charge on any atom is 0.269 e. The van der Waals surface area contributed by atoms with E-state index in [0.717, 1.165) is 12.1 Å². The van der Waals surface area contributed by atoms with E-state index in [9.17, 15) is 22.7 Å². The molecule has 0 aliphatic carbocycles. The predicted octanol–water partition coefficient (Wildman–Crippen LogP) is 1.22. The molecule has 2 aromatic carbocycles. The average molecular weight is 349 g/mol. The molecule has 0 heterocycles. The van der Waals surface area contributed by atoms with Gasteiger partial charge in [0.2, 0.25) is 0 Å². The molecule has 10 heteroatoms. The van der Waals surface area contributed by atoms with Crippen LogP contribution in [-0.4, -0.2) is 47.1 Å². The third kappa shape index (κ3) is 4.70. The van der Waals surface area contributed by atoms with Crippen LogP contribution in [0.1, 0.15) is 0 Å². The summed E-state index contributed by atoms with van der Waals surface area (Å²) in [7, 11) is -5.95. The fourth-order valence-corrected chi connectivity index (χ4v) is 3.95. The van der Waals surface area contributed by atoms with E-state index in [0.29, 0.717) is 0 Å². The van der Waals surface area contributed by atoms with E-state index < -0.39 is 25.9 Å². The van der Waals surface area contributed by atoms with E-state index in [1.165, 1.54) is 24.3 Å². The third-order valence-electron chi connectivity index (χ3n) is 2.50. The number of sulfonamides is 1. The minimum absolute atomic E-state index is 0. The Hall–Kier alpha value is -1.10. The minimum Gasteiger partial charge on any atom is -0.258 e. The number of benzene rings is 2. The quantitative estimate of drug-likeness (QED) is 0.496. The number of hydrogen-bond acceptors (Lipinski definition) is 5. The Balaban J connectivity index is 0.00000242. The molecule has 0 saturated heterocycles. The van der Waals surface area contributed by atoms with E-state index in [4.69, 9.17) is 0 Å². The van der Waals surface area contributed by atoms with E-state index in [-0.39, 0.29) is 45.0 Å². The normalized spacial score (nSPS) is 12.2. The zero-order chi connectivity index (χ0) is 15.5. The van der Waals surface area contributed by atoms with Crippen molar-refractivity contribution in [1.82, 2.24) is 4.13 Å². The topological polar surface area (TPSA) is 106 Å². The summed E-state index contributed by atoms with van der Waals surface area (Å²) in [6.07, 6.45) is 0. The number of nitro groups is 1. The van der Waals surface area contributed by atoms with Gasteiger partial charge in [0, 0.05) is 41.7 Å². The molecular weight excluding hydrogens is 339 g/mol. The molecule has 1 radical (unpaired) electrons. The van der Waals surface area contributed by atoms with Crippen molar-refractivity contribution in [3.05, 3.63) is 64.7 Å². The first-order chi connectivity index (χ1) is 9.90. The Morgan fingerprint density at radius 2 is 1.55 bits per heavy atom. The van der Waals surface area contributed by atoms with E-state index >= 15 is 0 Å². The summed E-state index contributed by atoms with van der Waals surface area (Å²) in [4.78, 5) is 10.0. The van der Waals surface area contributed by atoms with Crippen LogP contribution in [0.4, 0.5) is 5.69 Å². The molecule has 111 valence electrons. The van der Waals surface area contributed by atoms with E-state index in [2.05, 4.69) is 0 Å². The van der Waals surface area contributed by atoms with Gasteiger partial charge < -0.3 is 0 Å². The molecule has 2 rings (SSSR count). The summed E-state index contributed by atoms with van der Waals surface area (Å²) in [5, 5.41) is 10.5. The van der Waals surface area contributed by atoms with Crippen LogP contribution in [0.15, 0.2) is 64.4 Å². The molecule has 0 aliphatic rings. The first-order valence-electron chi connectivity index (χ1n) is 5.64. The molecule has 2 aromatic rings. The van der Waals surface area contributed by atoms with Gasteiger partial charge in [0.05, 0.1) is 14.7 Å². The van der Waals surface area contributed by atoms with Gasteiger partial charge in [-0.2, -0.15) is 0 Å². The molecule has 0 spiro atoms. The zero-order valence-corrected chi connectivity index (χ0v) is 15.1. The average Bonchev–Trinajstić information content (AvgIpc) is 2.48. The molecule has 0 amide bonds. The molecule has 0 fully saturated rings. The molecular formula is C12H10N2NaO5S2. The summed E-state index contributed by atoms with van der Waals surface area (Å²) in [6, 6.07) is 12.3. The van der Waals surface area contributed by atoms with Crippen LogP contribution < -0.4 is 4.13 Å². The van der Waals surface area contributed by atoms with Crippen LogP contribution in [0.3, 0.4) is 0 Å². The first-order valence-corrected chi connectivity index (χ1v) is 8.27. The fourth-order valence-electron chi connectivity index (χ4n) is 1.49. The maximum atomic E-state index is 12.0. The Morgan fingerprint density at radius 1 is 1.00 bits per heavy atom. The smallest absolute Gasteiger partial charge is 0.258 e. The van der Waals surface area contributed by atoms with Gasteiger partial charge in [-0.1, -0.05) is 18.2 Å². The van der Waals surface area contributed by atoms with Crippen LogP contribution in [-0.2, 0) is 21.0 Å². The monoisotopic (exact) mass is 349 g/mol. The standard InChI is InChI=1S/C12H10N2O5S2.Na/c15-14(16)10-6-8-11(9-7-10)20(17)13-21(18,19)12-4-2-1-3-5-12;/h1-9,13H;. The number of nitro benzene ring substituents is 1. The number of nitrogens with one attached hydrogen (secondary N) is 1. The Bertz CT molecular complexity index is 779.